The highest BCUT2D eigenvalue weighted by atomic mass is 19.1. The number of hydrogen-bond donors (Lipinski definition) is 1. The number of ketones is 1. The molecule has 0 bridgehead atoms. The molecule has 1 aliphatic heterocycles. The number of nitrogens with zero attached hydrogens (tertiary/aromatic N) is 1. The molecular formula is C20H21FN2O2. The molecule has 0 aromatic heterocycles. The molecule has 4 nitrogen and oxygen atoms in total. The standard InChI is InChI=1S/C20H21FN2O2/c21-18-10-8-16(9-11-18)19(24)17-7-4-12-23(14-17)20(25)22-13-15-5-2-1-3-6-15/h1-3,5-6,8-11,17H,4,7,12-14H2,(H,22,25). The van der Waals surface area contributed by atoms with Gasteiger partial charge in [-0.3, -0.25) is 4.79 Å². The van der Waals surface area contributed by atoms with Gasteiger partial charge in [-0.15, -0.1) is 0 Å². The summed E-state index contributed by atoms with van der Waals surface area (Å²) in [5.41, 5.74) is 1.53. The van der Waals surface area contributed by atoms with E-state index in [1.54, 1.807) is 4.90 Å². The van der Waals surface area contributed by atoms with Gasteiger partial charge in [0.05, 0.1) is 0 Å². The Balaban J connectivity index is 1.57. The van der Waals surface area contributed by atoms with Gasteiger partial charge in [-0.25, -0.2) is 9.18 Å². The van der Waals surface area contributed by atoms with Gasteiger partial charge < -0.3 is 10.2 Å². The largest absolute Gasteiger partial charge is 0.334 e. The van der Waals surface area contributed by atoms with Gasteiger partial charge in [0.25, 0.3) is 0 Å². The third kappa shape index (κ3) is 4.44. The van der Waals surface area contributed by atoms with Crippen LogP contribution in [0.2, 0.25) is 0 Å². The zero-order valence-electron chi connectivity index (χ0n) is 14.0. The van der Waals surface area contributed by atoms with Gasteiger partial charge >= 0.3 is 6.03 Å². The topological polar surface area (TPSA) is 49.4 Å². The molecule has 1 saturated heterocycles. The Hall–Kier alpha value is -2.69. The summed E-state index contributed by atoms with van der Waals surface area (Å²) < 4.78 is 13.0. The Labute approximate surface area is 146 Å². The summed E-state index contributed by atoms with van der Waals surface area (Å²) in [7, 11) is 0. The minimum Gasteiger partial charge on any atom is -0.334 e. The number of carbonyl (C=O) groups excluding carboxylic acids is 2. The lowest BCUT2D eigenvalue weighted by Crippen LogP contribution is -2.46. The van der Waals surface area contributed by atoms with Crippen molar-refractivity contribution in [2.75, 3.05) is 13.1 Å². The number of rotatable bonds is 4. The monoisotopic (exact) mass is 340 g/mol. The van der Waals surface area contributed by atoms with E-state index in [1.807, 2.05) is 30.3 Å². The fraction of sp³-hybridized carbons (Fsp3) is 0.300. The van der Waals surface area contributed by atoms with Crippen LogP contribution >= 0.6 is 0 Å². The van der Waals surface area contributed by atoms with Crippen LogP contribution in [0.25, 0.3) is 0 Å². The second-order valence-electron chi connectivity index (χ2n) is 6.30. The summed E-state index contributed by atoms with van der Waals surface area (Å²) in [5.74, 6) is -0.621. The first kappa shape index (κ1) is 17.1. The van der Waals surface area contributed by atoms with Crippen molar-refractivity contribution in [2.45, 2.75) is 19.4 Å². The van der Waals surface area contributed by atoms with Crippen LogP contribution in [0.15, 0.2) is 54.6 Å². The number of piperidine rings is 1. The summed E-state index contributed by atoms with van der Waals surface area (Å²) in [5, 5.41) is 2.90. The summed E-state index contributed by atoms with van der Waals surface area (Å²) >= 11 is 0. The van der Waals surface area contributed by atoms with Crippen LogP contribution in [0.3, 0.4) is 0 Å². The SMILES string of the molecule is O=C(c1ccc(F)cc1)C1CCCN(C(=O)NCc2ccccc2)C1. The predicted molar refractivity (Wildman–Crippen MR) is 93.7 cm³/mol. The molecule has 1 heterocycles. The molecule has 0 aliphatic carbocycles. The third-order valence-electron chi connectivity index (χ3n) is 4.49. The van der Waals surface area contributed by atoms with Gasteiger partial charge in [-0.05, 0) is 42.7 Å². The molecule has 2 amide bonds. The molecule has 0 spiro atoms. The van der Waals surface area contributed by atoms with Crippen LogP contribution < -0.4 is 5.32 Å². The highest BCUT2D eigenvalue weighted by Crippen LogP contribution is 2.21. The second kappa shape index (κ2) is 7.92. The van der Waals surface area contributed by atoms with E-state index >= 15 is 0 Å². The number of nitrogens with one attached hydrogen (secondary N) is 1. The van der Waals surface area contributed by atoms with Crippen molar-refractivity contribution in [3.63, 3.8) is 0 Å². The van der Waals surface area contributed by atoms with E-state index in [-0.39, 0.29) is 23.5 Å². The first-order chi connectivity index (χ1) is 12.1. The Morgan fingerprint density at radius 2 is 1.80 bits per heavy atom. The molecular weight excluding hydrogens is 319 g/mol. The molecule has 3 rings (SSSR count). The van der Waals surface area contributed by atoms with E-state index < -0.39 is 0 Å². The molecule has 130 valence electrons. The van der Waals surface area contributed by atoms with Crippen molar-refractivity contribution in [3.05, 3.63) is 71.5 Å². The molecule has 0 radical (unpaired) electrons. The number of carbonyl (C=O) groups is 2. The maximum absolute atomic E-state index is 13.0. The summed E-state index contributed by atoms with van der Waals surface area (Å²) in [6, 6.07) is 15.1. The van der Waals surface area contributed by atoms with Gasteiger partial charge in [0, 0.05) is 31.1 Å². The molecule has 0 saturated carbocycles. The summed E-state index contributed by atoms with van der Waals surface area (Å²) in [4.78, 5) is 26.6. The fourth-order valence-electron chi connectivity index (χ4n) is 3.11. The maximum Gasteiger partial charge on any atom is 0.317 e. The molecule has 1 unspecified atom stereocenters. The smallest absolute Gasteiger partial charge is 0.317 e. The Morgan fingerprint density at radius 1 is 1.08 bits per heavy atom. The normalized spacial score (nSPS) is 17.2. The van der Waals surface area contributed by atoms with E-state index in [1.165, 1.54) is 24.3 Å². The third-order valence-corrected chi connectivity index (χ3v) is 4.49. The maximum atomic E-state index is 13.0. The van der Waals surface area contributed by atoms with Gasteiger partial charge in [0.1, 0.15) is 5.82 Å². The Kier molecular flexibility index (Phi) is 5.43. The Morgan fingerprint density at radius 3 is 2.52 bits per heavy atom. The van der Waals surface area contributed by atoms with Gasteiger partial charge in [-0.2, -0.15) is 0 Å². The van der Waals surface area contributed by atoms with Crippen LogP contribution in [0.5, 0.6) is 0 Å². The number of benzene rings is 2. The lowest BCUT2D eigenvalue weighted by molar-refractivity contribution is 0.0845. The zero-order valence-corrected chi connectivity index (χ0v) is 14.0. The molecule has 25 heavy (non-hydrogen) atoms. The van der Waals surface area contributed by atoms with E-state index in [2.05, 4.69) is 5.32 Å². The highest BCUT2D eigenvalue weighted by molar-refractivity contribution is 5.98. The summed E-state index contributed by atoms with van der Waals surface area (Å²) in [6.07, 6.45) is 1.54. The van der Waals surface area contributed by atoms with Crippen LogP contribution in [-0.4, -0.2) is 29.8 Å². The second-order valence-corrected chi connectivity index (χ2v) is 6.30. The number of hydrogen-bond acceptors (Lipinski definition) is 2. The van der Waals surface area contributed by atoms with Gasteiger partial charge in [0.2, 0.25) is 0 Å². The minimum atomic E-state index is -0.359. The number of likely N-dealkylation sites (tertiary alicyclic amines) is 1. The fourth-order valence-corrected chi connectivity index (χ4v) is 3.11. The van der Waals surface area contributed by atoms with E-state index in [9.17, 15) is 14.0 Å². The van der Waals surface area contributed by atoms with Crippen molar-refractivity contribution < 1.29 is 14.0 Å². The first-order valence-corrected chi connectivity index (χ1v) is 8.50. The van der Waals surface area contributed by atoms with Crippen molar-refractivity contribution in [2.24, 2.45) is 5.92 Å². The molecule has 2 aromatic rings. The predicted octanol–water partition coefficient (Wildman–Crippen LogP) is 3.63. The lowest BCUT2D eigenvalue weighted by Gasteiger charge is -2.32. The Bertz CT molecular complexity index is 731. The number of urea groups is 1. The van der Waals surface area contributed by atoms with Crippen LogP contribution in [0.1, 0.15) is 28.8 Å². The molecule has 1 aliphatic rings. The average molecular weight is 340 g/mol. The number of Topliss-reactive ketones (excluding diaryl/α,β-unsaturated/α-hetero) is 1. The molecule has 1 atom stereocenters. The zero-order chi connectivity index (χ0) is 17.6. The van der Waals surface area contributed by atoms with Crippen molar-refractivity contribution in [1.82, 2.24) is 10.2 Å². The number of halogens is 1. The van der Waals surface area contributed by atoms with Crippen molar-refractivity contribution in [3.8, 4) is 0 Å². The van der Waals surface area contributed by atoms with E-state index in [4.69, 9.17) is 0 Å². The number of amides is 2. The molecule has 5 heteroatoms. The highest BCUT2D eigenvalue weighted by Gasteiger charge is 2.28. The minimum absolute atomic E-state index is 0.0273. The van der Waals surface area contributed by atoms with Crippen LogP contribution in [-0.2, 0) is 6.54 Å². The van der Waals surface area contributed by atoms with Gasteiger partial charge in [0.15, 0.2) is 5.78 Å². The molecule has 1 N–H and O–H groups in total. The van der Waals surface area contributed by atoms with Crippen LogP contribution in [0, 0.1) is 11.7 Å². The van der Waals surface area contributed by atoms with E-state index in [0.717, 1.165) is 18.4 Å². The quantitative estimate of drug-likeness (QED) is 0.864. The average Bonchev–Trinajstić information content (AvgIpc) is 2.67. The summed E-state index contributed by atoms with van der Waals surface area (Å²) in [6.45, 7) is 1.51. The van der Waals surface area contributed by atoms with Crippen LogP contribution in [0.4, 0.5) is 9.18 Å². The molecule has 1 fully saturated rings. The van der Waals surface area contributed by atoms with Crippen molar-refractivity contribution in [1.29, 1.82) is 0 Å². The van der Waals surface area contributed by atoms with E-state index in [0.29, 0.717) is 25.2 Å². The lowest BCUT2D eigenvalue weighted by atomic mass is 9.90. The molecule has 2 aromatic carbocycles. The first-order valence-electron chi connectivity index (χ1n) is 8.50. The van der Waals surface area contributed by atoms with Crippen molar-refractivity contribution >= 4 is 11.8 Å². The van der Waals surface area contributed by atoms with Gasteiger partial charge in [-0.1, -0.05) is 30.3 Å².